The first-order chi connectivity index (χ1) is 11.6. The zero-order valence-corrected chi connectivity index (χ0v) is 13.8. The molecule has 1 aliphatic carbocycles. The van der Waals surface area contributed by atoms with E-state index in [1.165, 1.54) is 0 Å². The summed E-state index contributed by atoms with van der Waals surface area (Å²) < 4.78 is 0. The van der Waals surface area contributed by atoms with Gasteiger partial charge < -0.3 is 10.4 Å². The molecule has 24 heavy (non-hydrogen) atoms. The Labute approximate surface area is 139 Å². The lowest BCUT2D eigenvalue weighted by molar-refractivity contribution is 0.0855. The fourth-order valence-electron chi connectivity index (χ4n) is 3.40. The van der Waals surface area contributed by atoms with Crippen molar-refractivity contribution in [2.24, 2.45) is 0 Å². The van der Waals surface area contributed by atoms with Crippen molar-refractivity contribution >= 4 is 5.91 Å². The molecule has 0 fully saturated rings. The molecule has 0 saturated carbocycles. The quantitative estimate of drug-likeness (QED) is 0.788. The highest BCUT2D eigenvalue weighted by molar-refractivity contribution is 5.95. The number of hydrogen-bond acceptors (Lipinski definition) is 4. The Morgan fingerprint density at radius 1 is 1.33 bits per heavy atom. The van der Waals surface area contributed by atoms with Gasteiger partial charge in [-0.2, -0.15) is 5.10 Å². The number of H-pyrrole nitrogens is 1. The minimum atomic E-state index is -0.692. The average molecular weight is 327 g/mol. The second-order valence-electron chi connectivity index (χ2n) is 5.98. The first-order valence-electron chi connectivity index (χ1n) is 8.23. The molecule has 0 unspecified atom stereocenters. The highest BCUT2D eigenvalue weighted by Crippen LogP contribution is 2.31. The summed E-state index contributed by atoms with van der Waals surface area (Å²) in [5.41, 5.74) is 2.90. The van der Waals surface area contributed by atoms with E-state index in [0.29, 0.717) is 24.8 Å². The van der Waals surface area contributed by atoms with Gasteiger partial charge in [0.1, 0.15) is 5.56 Å². The van der Waals surface area contributed by atoms with Crippen LogP contribution in [0.5, 0.6) is 0 Å². The molecular formula is C18H21N3O3. The number of hydrogen-bond donors (Lipinski definition) is 3. The maximum absolute atomic E-state index is 12.8. The number of aliphatic hydroxyl groups excluding tert-OH is 1. The van der Waals surface area contributed by atoms with Crippen molar-refractivity contribution in [1.29, 1.82) is 0 Å². The molecule has 1 aromatic carbocycles. The van der Waals surface area contributed by atoms with E-state index < -0.39 is 23.6 Å². The molecule has 126 valence electrons. The van der Waals surface area contributed by atoms with E-state index in [0.717, 1.165) is 16.8 Å². The molecular weight excluding hydrogens is 306 g/mol. The Bertz CT molecular complexity index is 828. The van der Waals surface area contributed by atoms with Crippen molar-refractivity contribution in [3.63, 3.8) is 0 Å². The normalized spacial score (nSPS) is 19.1. The van der Waals surface area contributed by atoms with Crippen LogP contribution < -0.4 is 10.9 Å². The predicted molar refractivity (Wildman–Crippen MR) is 90.0 cm³/mol. The van der Waals surface area contributed by atoms with Gasteiger partial charge in [0.05, 0.1) is 17.8 Å². The van der Waals surface area contributed by atoms with Gasteiger partial charge in [0, 0.05) is 6.42 Å². The van der Waals surface area contributed by atoms with Crippen molar-refractivity contribution in [1.82, 2.24) is 15.5 Å². The van der Waals surface area contributed by atoms with Crippen molar-refractivity contribution in [3.05, 3.63) is 62.6 Å². The zero-order chi connectivity index (χ0) is 17.3. The third-order valence-corrected chi connectivity index (χ3v) is 4.58. The van der Waals surface area contributed by atoms with Crippen LogP contribution in [0.15, 0.2) is 29.1 Å². The number of aromatic nitrogens is 2. The van der Waals surface area contributed by atoms with Gasteiger partial charge in [-0.15, -0.1) is 0 Å². The highest BCUT2D eigenvalue weighted by Gasteiger charge is 2.33. The molecule has 1 aromatic heterocycles. The van der Waals surface area contributed by atoms with E-state index in [1.54, 1.807) is 0 Å². The monoisotopic (exact) mass is 327 g/mol. The van der Waals surface area contributed by atoms with Gasteiger partial charge in [-0.25, -0.2) is 5.10 Å². The van der Waals surface area contributed by atoms with E-state index in [9.17, 15) is 14.7 Å². The Balaban J connectivity index is 1.96. The second-order valence-corrected chi connectivity index (χ2v) is 5.98. The second kappa shape index (κ2) is 6.57. The maximum Gasteiger partial charge on any atom is 0.277 e. The van der Waals surface area contributed by atoms with Crippen molar-refractivity contribution in [2.45, 2.75) is 45.3 Å². The third-order valence-electron chi connectivity index (χ3n) is 4.58. The van der Waals surface area contributed by atoms with Crippen LogP contribution in [0.25, 0.3) is 0 Å². The number of rotatable bonds is 4. The summed E-state index contributed by atoms with van der Waals surface area (Å²) in [5.74, 6) is -0.467. The number of benzene rings is 1. The number of amides is 1. The maximum atomic E-state index is 12.8. The number of aliphatic hydroxyl groups is 1. The van der Waals surface area contributed by atoms with Crippen LogP contribution in [0, 0.1) is 0 Å². The van der Waals surface area contributed by atoms with Crippen LogP contribution in [-0.4, -0.2) is 27.3 Å². The standard InChI is InChI=1S/C18H21N3O3/c1-3-11-13(4-2)20-21-18(24)15(11)17(23)19-16-12-8-6-5-7-10(12)9-14(16)22/h5-8,14,16,22H,3-4,9H2,1-2H3,(H,19,23)(H,21,24)/t14-,16-/m0/s1. The lowest BCUT2D eigenvalue weighted by Crippen LogP contribution is -2.38. The summed E-state index contributed by atoms with van der Waals surface area (Å²) in [5, 5.41) is 19.5. The number of aromatic amines is 1. The number of aryl methyl sites for hydroxylation is 1. The minimum Gasteiger partial charge on any atom is -0.390 e. The van der Waals surface area contributed by atoms with Gasteiger partial charge in [0.2, 0.25) is 0 Å². The first kappa shape index (κ1) is 16.4. The summed E-state index contributed by atoms with van der Waals surface area (Å²) in [6.07, 6.45) is 0.985. The van der Waals surface area contributed by atoms with Gasteiger partial charge in [-0.05, 0) is 29.5 Å². The molecule has 1 aliphatic rings. The summed E-state index contributed by atoms with van der Waals surface area (Å²) in [6.45, 7) is 3.82. The molecule has 0 spiro atoms. The van der Waals surface area contributed by atoms with E-state index in [2.05, 4.69) is 15.5 Å². The molecule has 0 aliphatic heterocycles. The number of carbonyl (C=O) groups is 1. The predicted octanol–water partition coefficient (Wildman–Crippen LogP) is 1.28. The lowest BCUT2D eigenvalue weighted by Gasteiger charge is -2.19. The zero-order valence-electron chi connectivity index (χ0n) is 13.8. The van der Waals surface area contributed by atoms with Crippen LogP contribution >= 0.6 is 0 Å². The average Bonchev–Trinajstić information content (AvgIpc) is 2.90. The lowest BCUT2D eigenvalue weighted by atomic mass is 10.0. The van der Waals surface area contributed by atoms with Gasteiger partial charge in [0.15, 0.2) is 0 Å². The number of carbonyl (C=O) groups excluding carboxylic acids is 1. The van der Waals surface area contributed by atoms with E-state index in [-0.39, 0.29) is 5.56 Å². The molecule has 3 rings (SSSR count). The molecule has 6 heteroatoms. The molecule has 2 aromatic rings. The fourth-order valence-corrected chi connectivity index (χ4v) is 3.40. The highest BCUT2D eigenvalue weighted by atomic mass is 16.3. The van der Waals surface area contributed by atoms with Gasteiger partial charge in [-0.3, -0.25) is 9.59 Å². The number of nitrogens with one attached hydrogen (secondary N) is 2. The van der Waals surface area contributed by atoms with Crippen LogP contribution in [0.3, 0.4) is 0 Å². The van der Waals surface area contributed by atoms with Gasteiger partial charge >= 0.3 is 0 Å². The van der Waals surface area contributed by atoms with Crippen LogP contribution in [0.2, 0.25) is 0 Å². The Hall–Kier alpha value is -2.47. The van der Waals surface area contributed by atoms with Crippen LogP contribution in [0.4, 0.5) is 0 Å². The Morgan fingerprint density at radius 3 is 2.79 bits per heavy atom. The van der Waals surface area contributed by atoms with Crippen molar-refractivity contribution < 1.29 is 9.90 Å². The topological polar surface area (TPSA) is 95.1 Å². The molecule has 2 atom stereocenters. The summed E-state index contributed by atoms with van der Waals surface area (Å²) >= 11 is 0. The SMILES string of the molecule is CCc1n[nH]c(=O)c(C(=O)N[C@H]2c3ccccc3C[C@@H]2O)c1CC. The van der Waals surface area contributed by atoms with E-state index in [4.69, 9.17) is 0 Å². The largest absolute Gasteiger partial charge is 0.390 e. The molecule has 0 saturated heterocycles. The molecule has 1 amide bonds. The summed E-state index contributed by atoms with van der Waals surface area (Å²) in [6, 6.07) is 7.12. The Kier molecular flexibility index (Phi) is 4.49. The molecule has 6 nitrogen and oxygen atoms in total. The summed E-state index contributed by atoms with van der Waals surface area (Å²) in [4.78, 5) is 24.9. The van der Waals surface area contributed by atoms with Crippen molar-refractivity contribution in [2.75, 3.05) is 0 Å². The van der Waals surface area contributed by atoms with Crippen LogP contribution in [0.1, 0.15) is 52.6 Å². The van der Waals surface area contributed by atoms with E-state index >= 15 is 0 Å². The molecule has 3 N–H and O–H groups in total. The summed E-state index contributed by atoms with van der Waals surface area (Å²) in [7, 11) is 0. The molecule has 0 bridgehead atoms. The van der Waals surface area contributed by atoms with Gasteiger partial charge in [-0.1, -0.05) is 38.1 Å². The van der Waals surface area contributed by atoms with E-state index in [1.807, 2.05) is 38.1 Å². The first-order valence-corrected chi connectivity index (χ1v) is 8.23. The number of nitrogens with zero attached hydrogens (tertiary/aromatic N) is 1. The number of fused-ring (bicyclic) bond motifs is 1. The van der Waals surface area contributed by atoms with Crippen LogP contribution in [-0.2, 0) is 19.3 Å². The third kappa shape index (κ3) is 2.73. The molecule has 1 heterocycles. The Morgan fingerprint density at radius 2 is 2.08 bits per heavy atom. The fraction of sp³-hybridized carbons (Fsp3) is 0.389. The van der Waals surface area contributed by atoms with Crippen molar-refractivity contribution in [3.8, 4) is 0 Å². The molecule has 0 radical (unpaired) electrons. The minimum absolute atomic E-state index is 0.0981. The smallest absolute Gasteiger partial charge is 0.277 e. The van der Waals surface area contributed by atoms with Gasteiger partial charge in [0.25, 0.3) is 11.5 Å².